The molecule has 1 unspecified atom stereocenters. The van der Waals surface area contributed by atoms with Crippen molar-refractivity contribution in [3.63, 3.8) is 0 Å². The number of hydrogen-bond donors (Lipinski definition) is 1. The van der Waals surface area contributed by atoms with Gasteiger partial charge in [-0.3, -0.25) is 4.79 Å². The number of carbonyl (C=O) groups excluding carboxylic acids is 1. The third-order valence-electron chi connectivity index (χ3n) is 1.89. The summed E-state index contributed by atoms with van der Waals surface area (Å²) in [6.07, 6.45) is 0.937. The second-order valence-corrected chi connectivity index (χ2v) is 3.74. The van der Waals surface area contributed by atoms with Crippen molar-refractivity contribution in [2.75, 3.05) is 26.3 Å². The Morgan fingerprint density at radius 2 is 2.25 bits per heavy atom. The summed E-state index contributed by atoms with van der Waals surface area (Å²) >= 11 is 4.11. The van der Waals surface area contributed by atoms with Gasteiger partial charge in [-0.25, -0.2) is 0 Å². The molecule has 0 spiro atoms. The molecule has 0 aromatic heterocycles. The number of carbonyl (C=O) groups is 1. The molecule has 0 radical (unpaired) electrons. The van der Waals surface area contributed by atoms with Gasteiger partial charge in [0.2, 0.25) is 5.91 Å². The molecule has 0 N–H and O–H groups in total. The lowest BCUT2D eigenvalue weighted by Gasteiger charge is -2.20. The van der Waals surface area contributed by atoms with Crippen molar-refractivity contribution in [2.45, 2.75) is 18.6 Å². The van der Waals surface area contributed by atoms with Gasteiger partial charge in [0.15, 0.2) is 0 Å². The van der Waals surface area contributed by atoms with Crippen LogP contribution in [-0.2, 0) is 9.53 Å². The fraction of sp³-hybridized carbons (Fsp3) is 0.875. The van der Waals surface area contributed by atoms with Crippen molar-refractivity contribution in [1.29, 1.82) is 0 Å². The number of nitrogens with zero attached hydrogens (tertiary/aromatic N) is 1. The minimum absolute atomic E-state index is 0.115. The molecule has 0 saturated carbocycles. The Labute approximate surface area is 78.5 Å². The van der Waals surface area contributed by atoms with Gasteiger partial charge in [-0.05, 0) is 13.3 Å². The third kappa shape index (κ3) is 2.68. The zero-order valence-electron chi connectivity index (χ0n) is 7.32. The molecular formula is C8H15NO2S. The minimum atomic E-state index is -0.192. The fourth-order valence-electron chi connectivity index (χ4n) is 1.23. The zero-order valence-corrected chi connectivity index (χ0v) is 8.22. The van der Waals surface area contributed by atoms with E-state index in [-0.39, 0.29) is 11.2 Å². The average molecular weight is 189 g/mol. The van der Waals surface area contributed by atoms with Crippen LogP contribution in [0.4, 0.5) is 0 Å². The second kappa shape index (κ2) is 4.72. The molecule has 0 bridgehead atoms. The van der Waals surface area contributed by atoms with Gasteiger partial charge in [0.25, 0.3) is 0 Å². The number of amides is 1. The zero-order chi connectivity index (χ0) is 8.97. The Bertz CT molecular complexity index is 153. The normalized spacial score (nSPS) is 21.7. The quantitative estimate of drug-likeness (QED) is 0.611. The van der Waals surface area contributed by atoms with Gasteiger partial charge in [-0.2, -0.15) is 12.6 Å². The summed E-state index contributed by atoms with van der Waals surface area (Å²) in [5.41, 5.74) is 0. The Morgan fingerprint density at radius 3 is 2.92 bits per heavy atom. The van der Waals surface area contributed by atoms with Crippen molar-refractivity contribution in [3.05, 3.63) is 0 Å². The Morgan fingerprint density at radius 1 is 1.50 bits per heavy atom. The van der Waals surface area contributed by atoms with Crippen LogP contribution in [0.15, 0.2) is 0 Å². The molecule has 1 fully saturated rings. The first kappa shape index (κ1) is 9.86. The maximum absolute atomic E-state index is 11.4. The van der Waals surface area contributed by atoms with Crippen LogP contribution in [0.1, 0.15) is 13.3 Å². The van der Waals surface area contributed by atoms with E-state index in [0.717, 1.165) is 19.6 Å². The molecule has 1 rings (SSSR count). The second-order valence-electron chi connectivity index (χ2n) is 2.97. The van der Waals surface area contributed by atoms with Crippen molar-refractivity contribution in [3.8, 4) is 0 Å². The Balaban J connectivity index is 2.43. The number of hydrogen-bond acceptors (Lipinski definition) is 3. The van der Waals surface area contributed by atoms with Crippen LogP contribution in [0.25, 0.3) is 0 Å². The first-order valence-electron chi connectivity index (χ1n) is 4.26. The Hall–Kier alpha value is -0.220. The van der Waals surface area contributed by atoms with Crippen LogP contribution in [-0.4, -0.2) is 42.4 Å². The summed E-state index contributed by atoms with van der Waals surface area (Å²) in [4.78, 5) is 13.3. The summed E-state index contributed by atoms with van der Waals surface area (Å²) in [7, 11) is 0. The number of ether oxygens (including phenoxy) is 1. The topological polar surface area (TPSA) is 29.5 Å². The van der Waals surface area contributed by atoms with Crippen LogP contribution in [0.3, 0.4) is 0 Å². The fourth-order valence-corrected chi connectivity index (χ4v) is 1.39. The van der Waals surface area contributed by atoms with Crippen LogP contribution in [0.5, 0.6) is 0 Å². The lowest BCUT2D eigenvalue weighted by molar-refractivity contribution is -0.130. The van der Waals surface area contributed by atoms with Crippen LogP contribution < -0.4 is 0 Å². The van der Waals surface area contributed by atoms with Gasteiger partial charge in [-0.15, -0.1) is 0 Å². The maximum atomic E-state index is 11.4. The molecule has 1 atom stereocenters. The molecule has 1 amide bonds. The molecule has 4 heteroatoms. The SMILES string of the molecule is CC(S)C(=O)N1CCCOCC1. The molecular weight excluding hydrogens is 174 g/mol. The molecule has 0 aromatic carbocycles. The first-order valence-corrected chi connectivity index (χ1v) is 4.78. The highest BCUT2D eigenvalue weighted by molar-refractivity contribution is 7.81. The average Bonchev–Trinajstić information content (AvgIpc) is 2.30. The van der Waals surface area contributed by atoms with Crippen LogP contribution in [0, 0.1) is 0 Å². The standard InChI is InChI=1S/C8H15NO2S/c1-7(12)8(10)9-3-2-5-11-6-4-9/h7,12H,2-6H2,1H3. The van der Waals surface area contributed by atoms with Gasteiger partial charge < -0.3 is 9.64 Å². The van der Waals surface area contributed by atoms with E-state index in [4.69, 9.17) is 4.74 Å². The van der Waals surface area contributed by atoms with E-state index in [2.05, 4.69) is 12.6 Å². The lowest BCUT2D eigenvalue weighted by Crippen LogP contribution is -2.37. The minimum Gasteiger partial charge on any atom is -0.380 e. The monoisotopic (exact) mass is 189 g/mol. The van der Waals surface area contributed by atoms with Crippen molar-refractivity contribution < 1.29 is 9.53 Å². The van der Waals surface area contributed by atoms with E-state index in [9.17, 15) is 4.79 Å². The van der Waals surface area contributed by atoms with E-state index in [1.54, 1.807) is 6.92 Å². The molecule has 0 aromatic rings. The van der Waals surface area contributed by atoms with Gasteiger partial charge in [0, 0.05) is 19.7 Å². The summed E-state index contributed by atoms with van der Waals surface area (Å²) in [6.45, 7) is 4.75. The van der Waals surface area contributed by atoms with E-state index in [1.807, 2.05) is 4.90 Å². The molecule has 1 heterocycles. The number of thiol groups is 1. The largest absolute Gasteiger partial charge is 0.380 e. The van der Waals surface area contributed by atoms with Crippen LogP contribution in [0.2, 0.25) is 0 Å². The molecule has 1 saturated heterocycles. The molecule has 70 valence electrons. The lowest BCUT2D eigenvalue weighted by atomic mass is 10.3. The predicted octanol–water partition coefficient (Wildman–Crippen LogP) is 0.554. The predicted molar refractivity (Wildman–Crippen MR) is 50.5 cm³/mol. The van der Waals surface area contributed by atoms with Gasteiger partial charge in [0.05, 0.1) is 11.9 Å². The van der Waals surface area contributed by atoms with E-state index in [1.165, 1.54) is 0 Å². The summed E-state index contributed by atoms with van der Waals surface area (Å²) < 4.78 is 5.24. The third-order valence-corrected chi connectivity index (χ3v) is 2.11. The molecule has 0 aliphatic carbocycles. The van der Waals surface area contributed by atoms with E-state index < -0.39 is 0 Å². The van der Waals surface area contributed by atoms with Gasteiger partial charge >= 0.3 is 0 Å². The van der Waals surface area contributed by atoms with Crippen molar-refractivity contribution in [2.24, 2.45) is 0 Å². The summed E-state index contributed by atoms with van der Waals surface area (Å²) in [5.74, 6) is 0.115. The Kier molecular flexibility index (Phi) is 3.88. The van der Waals surface area contributed by atoms with Crippen molar-refractivity contribution >= 4 is 18.5 Å². The van der Waals surface area contributed by atoms with Gasteiger partial charge in [0.1, 0.15) is 0 Å². The van der Waals surface area contributed by atoms with Gasteiger partial charge in [-0.1, -0.05) is 0 Å². The van der Waals surface area contributed by atoms with E-state index in [0.29, 0.717) is 13.2 Å². The molecule has 3 nitrogen and oxygen atoms in total. The smallest absolute Gasteiger partial charge is 0.235 e. The number of rotatable bonds is 1. The molecule has 1 aliphatic rings. The summed E-state index contributed by atoms with van der Waals surface area (Å²) in [5, 5.41) is -0.192. The molecule has 1 aliphatic heterocycles. The molecule has 12 heavy (non-hydrogen) atoms. The maximum Gasteiger partial charge on any atom is 0.235 e. The first-order chi connectivity index (χ1) is 5.72. The highest BCUT2D eigenvalue weighted by Gasteiger charge is 2.18. The van der Waals surface area contributed by atoms with Crippen molar-refractivity contribution in [1.82, 2.24) is 4.90 Å². The summed E-state index contributed by atoms with van der Waals surface area (Å²) in [6, 6.07) is 0. The highest BCUT2D eigenvalue weighted by Crippen LogP contribution is 2.04. The van der Waals surface area contributed by atoms with E-state index >= 15 is 0 Å². The highest BCUT2D eigenvalue weighted by atomic mass is 32.1. The van der Waals surface area contributed by atoms with Crippen LogP contribution >= 0.6 is 12.6 Å².